The number of alkyl carbamates (subject to hydrolysis) is 1. The van der Waals surface area contributed by atoms with Crippen molar-refractivity contribution in [2.24, 2.45) is 0 Å². The Labute approximate surface area is 604 Å². The maximum Gasteiger partial charge on any atom is 0.407 e. The number of pyridine rings is 4. The van der Waals surface area contributed by atoms with Crippen molar-refractivity contribution in [2.45, 2.75) is 207 Å². The molecular formula is C82H106ClN9O9. The molecule has 1 fully saturated rings. The Kier molecular flexibility index (Phi) is 32.8. The van der Waals surface area contributed by atoms with Gasteiger partial charge in [-0.3, -0.25) is 43.9 Å². The number of halogens is 1. The van der Waals surface area contributed by atoms with Gasteiger partial charge < -0.3 is 34.5 Å². The van der Waals surface area contributed by atoms with Crippen molar-refractivity contribution in [1.29, 1.82) is 0 Å². The molecule has 1 aliphatic rings. The van der Waals surface area contributed by atoms with E-state index in [4.69, 9.17) is 50.5 Å². The number of nitrogens with one attached hydrogen (secondary N) is 2. The van der Waals surface area contributed by atoms with E-state index in [0.717, 1.165) is 121 Å². The summed E-state index contributed by atoms with van der Waals surface area (Å²) in [6.45, 7) is 15.8. The minimum absolute atomic E-state index is 0.0168. The molecule has 4 heterocycles. The van der Waals surface area contributed by atoms with Crippen molar-refractivity contribution in [1.82, 2.24) is 40.0 Å². The smallest absolute Gasteiger partial charge is 0.407 e. The van der Waals surface area contributed by atoms with Crippen LogP contribution in [0.15, 0.2) is 152 Å². The lowest BCUT2D eigenvalue weighted by Crippen LogP contribution is -2.48. The number of carbonyl (C=O) groups is 5. The fourth-order valence-electron chi connectivity index (χ4n) is 12.8. The first kappa shape index (κ1) is 78.5. The van der Waals surface area contributed by atoms with Gasteiger partial charge in [0, 0.05) is 120 Å². The van der Waals surface area contributed by atoms with Crippen molar-refractivity contribution >= 4 is 46.9 Å². The highest BCUT2D eigenvalue weighted by Gasteiger charge is 2.43. The third kappa shape index (κ3) is 28.2. The second-order valence-corrected chi connectivity index (χ2v) is 28.0. The van der Waals surface area contributed by atoms with Crippen LogP contribution in [0.2, 0.25) is 5.02 Å². The van der Waals surface area contributed by atoms with E-state index in [1.165, 1.54) is 0 Å². The zero-order valence-corrected chi connectivity index (χ0v) is 61.0. The topological polar surface area (TPSA) is 208 Å². The Morgan fingerprint density at radius 3 is 1.78 bits per heavy atom. The van der Waals surface area contributed by atoms with Crippen molar-refractivity contribution < 1.29 is 42.9 Å². The van der Waals surface area contributed by atoms with Crippen LogP contribution >= 0.6 is 11.6 Å². The Morgan fingerprint density at radius 1 is 0.545 bits per heavy atom. The molecule has 0 spiro atoms. The van der Waals surface area contributed by atoms with Crippen LogP contribution in [-0.2, 0) is 86.2 Å². The number of rotatable bonds is 44. The molecule has 2 N–H and O–H groups in total. The van der Waals surface area contributed by atoms with Crippen LogP contribution < -0.4 is 15.4 Å². The van der Waals surface area contributed by atoms with Crippen LogP contribution in [0.3, 0.4) is 0 Å². The number of unbranched alkanes of at least 4 members (excludes halogenated alkanes) is 5. The van der Waals surface area contributed by atoms with Gasteiger partial charge in [0.15, 0.2) is 5.78 Å². The Hall–Kier alpha value is -8.26. The second kappa shape index (κ2) is 42.2. The summed E-state index contributed by atoms with van der Waals surface area (Å²) in [4.78, 5) is 93.0. The molecule has 101 heavy (non-hydrogen) atoms. The monoisotopic (exact) mass is 1400 g/mol. The van der Waals surface area contributed by atoms with Gasteiger partial charge in [0.2, 0.25) is 11.8 Å². The highest BCUT2D eigenvalue weighted by atomic mass is 35.5. The summed E-state index contributed by atoms with van der Waals surface area (Å²) in [5.41, 5.74) is 7.55. The predicted octanol–water partition coefficient (Wildman–Crippen LogP) is 16.1. The number of ether oxygens (including phenoxy) is 4. The Bertz CT molecular complexity index is 3510. The van der Waals surface area contributed by atoms with Gasteiger partial charge in [-0.15, -0.1) is 0 Å². The number of hydrogen-bond acceptors (Lipinski definition) is 15. The summed E-state index contributed by atoms with van der Waals surface area (Å²) in [6.07, 6.45) is 16.9. The first-order valence-corrected chi connectivity index (χ1v) is 36.9. The Morgan fingerprint density at radius 2 is 1.15 bits per heavy atom. The first-order chi connectivity index (χ1) is 49.0. The van der Waals surface area contributed by atoms with E-state index in [0.29, 0.717) is 159 Å². The number of anilines is 1. The average molecular weight is 1400 g/mol. The molecule has 4 aromatic heterocycles. The zero-order valence-electron chi connectivity index (χ0n) is 60.2. The lowest BCUT2D eigenvalue weighted by Gasteiger charge is -2.40. The lowest BCUT2D eigenvalue weighted by molar-refractivity contribution is -0.139. The minimum atomic E-state index is -0.706. The SMILES string of the molecule is CCCCCC(=O)Cc1cccc(CN(Cc2cc(CN(Cc3ccccn3)Cc3cccc(NC(=O)CCCCC)n3)cc(OCCCCN(Cc3ccc(C(=O)CCCOCCOCCNC(=O)OC(C)(C)C)cc3)C(=O)C3(c4ccc(Cl)cc4)CCCCC3)c2)Cc2ccccn2)n1. The molecule has 8 rings (SSSR count). The van der Waals surface area contributed by atoms with Crippen LogP contribution in [0, 0.1) is 0 Å². The molecule has 1 saturated carbocycles. The first-order valence-electron chi connectivity index (χ1n) is 36.5. The molecule has 0 radical (unpaired) electrons. The standard InChI is InChI=1S/C82H106ClN9O9/c1-6-8-11-29-74(93)55-69-26-21-27-72(87-69)61-90(59-70-24-13-17-43-84-70)56-64-52-65(57-91(60-71-25-14-18-44-85-71)62-73-28-22-31-77(88-73)89-78(95)32-12-9-7-2)54-75(53-64)100-48-20-19-46-92(79(96)82(41-15-10-16-42-82)67-37-39-68(83)40-38-67)58-63-33-35-66(36-34-63)76(94)30-23-47-98-50-51-99-49-45-86-80(97)101-81(3,4)5/h13-14,17-18,21-22,24-28,31,33-40,43-44,52-54H,6-12,15-16,19-20,23,29-30,32,41-42,45-51,55-62H2,1-5H3,(H,86,97)(H,88,89,95). The van der Waals surface area contributed by atoms with Gasteiger partial charge in [0.05, 0.1) is 54.6 Å². The van der Waals surface area contributed by atoms with E-state index >= 15 is 4.79 Å². The summed E-state index contributed by atoms with van der Waals surface area (Å²) in [5.74, 6) is 1.51. The Balaban J connectivity index is 0.995. The number of ketones is 2. The number of nitrogens with zero attached hydrogens (tertiary/aromatic N) is 7. The van der Waals surface area contributed by atoms with Crippen molar-refractivity contribution in [3.05, 3.63) is 213 Å². The van der Waals surface area contributed by atoms with E-state index in [-0.39, 0.29) is 23.4 Å². The number of Topliss-reactive ketones (excluding diaryl/α,β-unsaturated/α-hetero) is 2. The molecule has 0 atom stereocenters. The third-order valence-corrected chi connectivity index (χ3v) is 18.0. The summed E-state index contributed by atoms with van der Waals surface area (Å²) >= 11 is 6.47. The maximum absolute atomic E-state index is 15.5. The van der Waals surface area contributed by atoms with Gasteiger partial charge >= 0.3 is 6.09 Å². The van der Waals surface area contributed by atoms with Crippen molar-refractivity contribution in [3.8, 4) is 5.75 Å². The number of amides is 3. The van der Waals surface area contributed by atoms with E-state index in [1.54, 1.807) is 0 Å². The van der Waals surface area contributed by atoms with Gasteiger partial charge in [-0.05, 0) is 161 Å². The molecule has 0 bridgehead atoms. The molecule has 3 aromatic carbocycles. The molecule has 18 nitrogen and oxygen atoms in total. The van der Waals surface area contributed by atoms with E-state index < -0.39 is 17.1 Å². The molecule has 19 heteroatoms. The number of carbonyl (C=O) groups excluding carboxylic acids is 5. The molecule has 0 saturated heterocycles. The van der Waals surface area contributed by atoms with Crippen LogP contribution in [0.4, 0.5) is 10.6 Å². The molecule has 0 aliphatic heterocycles. The molecule has 1 aliphatic carbocycles. The fraction of sp³-hybridized carbons (Fsp3) is 0.476. The van der Waals surface area contributed by atoms with Crippen LogP contribution in [0.1, 0.15) is 205 Å². The van der Waals surface area contributed by atoms with E-state index in [1.807, 2.05) is 159 Å². The molecule has 0 unspecified atom stereocenters. The fourth-order valence-corrected chi connectivity index (χ4v) is 12.9. The third-order valence-electron chi connectivity index (χ3n) is 17.7. The number of hydrogen-bond donors (Lipinski definition) is 2. The number of aromatic nitrogens is 4. The highest BCUT2D eigenvalue weighted by Crippen LogP contribution is 2.42. The quantitative estimate of drug-likeness (QED) is 0.0269. The van der Waals surface area contributed by atoms with Crippen LogP contribution in [0.5, 0.6) is 5.75 Å². The summed E-state index contributed by atoms with van der Waals surface area (Å²) < 4.78 is 23.4. The van der Waals surface area contributed by atoms with Crippen LogP contribution in [-0.4, -0.2) is 116 Å². The highest BCUT2D eigenvalue weighted by molar-refractivity contribution is 6.30. The van der Waals surface area contributed by atoms with Crippen LogP contribution in [0.25, 0.3) is 0 Å². The molecular weight excluding hydrogens is 1290 g/mol. The van der Waals surface area contributed by atoms with Gasteiger partial charge in [0.1, 0.15) is 23.0 Å². The molecule has 3 amide bonds. The lowest BCUT2D eigenvalue weighted by atomic mass is 9.68. The summed E-state index contributed by atoms with van der Waals surface area (Å²) in [5, 5.41) is 6.32. The van der Waals surface area contributed by atoms with E-state index in [2.05, 4.69) is 52.5 Å². The van der Waals surface area contributed by atoms with Crippen molar-refractivity contribution in [2.75, 3.05) is 51.4 Å². The van der Waals surface area contributed by atoms with Crippen molar-refractivity contribution in [3.63, 3.8) is 0 Å². The maximum atomic E-state index is 15.5. The van der Waals surface area contributed by atoms with Gasteiger partial charge in [0.25, 0.3) is 0 Å². The van der Waals surface area contributed by atoms with Gasteiger partial charge in [-0.2, -0.15) is 0 Å². The number of benzene rings is 3. The van der Waals surface area contributed by atoms with Gasteiger partial charge in [-0.25, -0.2) is 9.78 Å². The van der Waals surface area contributed by atoms with E-state index in [9.17, 15) is 19.2 Å². The zero-order chi connectivity index (χ0) is 71.5. The predicted molar refractivity (Wildman–Crippen MR) is 397 cm³/mol. The summed E-state index contributed by atoms with van der Waals surface area (Å²) in [6, 6.07) is 45.6. The normalized spacial score (nSPS) is 12.9. The molecule has 7 aromatic rings. The average Bonchev–Trinajstić information content (AvgIpc) is 0.773. The largest absolute Gasteiger partial charge is 0.494 e. The van der Waals surface area contributed by atoms with Gasteiger partial charge in [-0.1, -0.05) is 137 Å². The summed E-state index contributed by atoms with van der Waals surface area (Å²) in [7, 11) is 0. The minimum Gasteiger partial charge on any atom is -0.494 e. The molecule has 540 valence electrons. The second-order valence-electron chi connectivity index (χ2n) is 27.5.